The third-order valence-corrected chi connectivity index (χ3v) is 5.75. The number of hydrogen-bond acceptors (Lipinski definition) is 6. The fourth-order valence-electron chi connectivity index (χ4n) is 3.15. The van der Waals surface area contributed by atoms with Crippen molar-refractivity contribution in [2.45, 2.75) is 33.2 Å². The van der Waals surface area contributed by atoms with E-state index in [1.54, 1.807) is 7.05 Å². The Morgan fingerprint density at radius 3 is 2.71 bits per heavy atom. The third-order valence-electron chi connectivity index (χ3n) is 4.84. The lowest BCUT2D eigenvalue weighted by molar-refractivity contribution is 0.126. The minimum atomic E-state index is -0.0947. The number of likely N-dealkylation sites (tertiary alicyclic amines) is 1. The lowest BCUT2D eigenvalue weighted by atomic mass is 9.98. The number of hydrogen-bond donors (Lipinski definition) is 1. The van der Waals surface area contributed by atoms with E-state index in [4.69, 9.17) is 4.98 Å². The fraction of sp³-hybridized carbons (Fsp3) is 0.588. The highest BCUT2D eigenvalue weighted by atomic mass is 32.1. The van der Waals surface area contributed by atoms with Crippen molar-refractivity contribution in [3.8, 4) is 10.6 Å². The van der Waals surface area contributed by atoms with Gasteiger partial charge in [-0.1, -0.05) is 0 Å². The molecule has 0 aromatic carbocycles. The number of piperidine rings is 1. The van der Waals surface area contributed by atoms with Gasteiger partial charge < -0.3 is 5.11 Å². The molecule has 0 aliphatic carbocycles. The molecular formula is C17H24N4O2S. The Hall–Kier alpha value is -1.57. The molecule has 6 nitrogen and oxygen atoms in total. The van der Waals surface area contributed by atoms with E-state index in [9.17, 15) is 9.90 Å². The van der Waals surface area contributed by atoms with Crippen LogP contribution in [-0.4, -0.2) is 44.5 Å². The van der Waals surface area contributed by atoms with Crippen molar-refractivity contribution in [3.63, 3.8) is 0 Å². The zero-order chi connectivity index (χ0) is 17.3. The first-order valence-electron chi connectivity index (χ1n) is 8.32. The Morgan fingerprint density at radius 2 is 2.04 bits per heavy atom. The van der Waals surface area contributed by atoms with Crippen molar-refractivity contribution in [3.05, 3.63) is 32.7 Å². The van der Waals surface area contributed by atoms with E-state index in [1.807, 2.05) is 19.2 Å². The summed E-state index contributed by atoms with van der Waals surface area (Å²) in [7, 11) is 1.68. The Labute approximate surface area is 145 Å². The van der Waals surface area contributed by atoms with Gasteiger partial charge in [-0.2, -0.15) is 5.10 Å². The lowest BCUT2D eigenvalue weighted by Crippen LogP contribution is -2.34. The number of aliphatic hydroxyl groups excluding tert-OH is 1. The molecular weight excluding hydrogens is 324 g/mol. The normalized spacial score (nSPS) is 16.7. The van der Waals surface area contributed by atoms with Crippen LogP contribution in [-0.2, 0) is 13.6 Å². The van der Waals surface area contributed by atoms with E-state index in [0.29, 0.717) is 18.1 Å². The highest BCUT2D eigenvalue weighted by Crippen LogP contribution is 2.26. The third kappa shape index (κ3) is 3.43. The standard InChI is InChI=1S/C17H24N4O2S/c1-11-12(2)19-20(3)17(23)15(11)16-18-14(10-24-16)8-21-6-4-13(9-22)5-7-21/h10,13,22H,4-9H2,1-3H3. The van der Waals surface area contributed by atoms with Gasteiger partial charge in [0.25, 0.3) is 5.56 Å². The average molecular weight is 348 g/mol. The summed E-state index contributed by atoms with van der Waals surface area (Å²) in [4.78, 5) is 19.5. The quantitative estimate of drug-likeness (QED) is 0.911. The van der Waals surface area contributed by atoms with Gasteiger partial charge in [-0.05, 0) is 51.3 Å². The molecule has 0 amide bonds. The topological polar surface area (TPSA) is 71.2 Å². The first-order valence-corrected chi connectivity index (χ1v) is 9.20. The smallest absolute Gasteiger partial charge is 0.277 e. The minimum absolute atomic E-state index is 0.0947. The van der Waals surface area contributed by atoms with Gasteiger partial charge >= 0.3 is 0 Å². The van der Waals surface area contributed by atoms with Crippen LogP contribution in [0.1, 0.15) is 29.8 Å². The van der Waals surface area contributed by atoms with E-state index in [2.05, 4.69) is 10.00 Å². The molecule has 1 saturated heterocycles. The zero-order valence-corrected chi connectivity index (χ0v) is 15.3. The van der Waals surface area contributed by atoms with Crippen molar-refractivity contribution in [1.82, 2.24) is 19.7 Å². The fourth-order valence-corrected chi connectivity index (χ4v) is 4.05. The molecule has 130 valence electrons. The van der Waals surface area contributed by atoms with Crippen LogP contribution in [0.3, 0.4) is 0 Å². The number of aromatic nitrogens is 3. The van der Waals surface area contributed by atoms with Gasteiger partial charge in [-0.25, -0.2) is 9.67 Å². The molecule has 0 saturated carbocycles. The number of rotatable bonds is 4. The summed E-state index contributed by atoms with van der Waals surface area (Å²) in [5.74, 6) is 0.442. The van der Waals surface area contributed by atoms with Gasteiger partial charge in [0, 0.05) is 25.6 Å². The molecule has 24 heavy (non-hydrogen) atoms. The maximum Gasteiger partial charge on any atom is 0.277 e. The van der Waals surface area contributed by atoms with E-state index >= 15 is 0 Å². The number of aryl methyl sites for hydroxylation is 2. The molecule has 1 fully saturated rings. The highest BCUT2D eigenvalue weighted by molar-refractivity contribution is 7.13. The van der Waals surface area contributed by atoms with Gasteiger partial charge in [0.15, 0.2) is 0 Å². The van der Waals surface area contributed by atoms with Crippen LogP contribution < -0.4 is 5.56 Å². The predicted octanol–water partition coefficient (Wildman–Crippen LogP) is 1.72. The summed E-state index contributed by atoms with van der Waals surface area (Å²) in [5, 5.41) is 16.3. The second-order valence-electron chi connectivity index (χ2n) is 6.56. The van der Waals surface area contributed by atoms with Crippen LogP contribution in [0.2, 0.25) is 0 Å². The molecule has 0 atom stereocenters. The highest BCUT2D eigenvalue weighted by Gasteiger charge is 2.20. The van der Waals surface area contributed by atoms with Gasteiger partial charge in [0.2, 0.25) is 0 Å². The molecule has 1 N–H and O–H groups in total. The van der Waals surface area contributed by atoms with E-state index < -0.39 is 0 Å². The van der Waals surface area contributed by atoms with Crippen molar-refractivity contribution in [1.29, 1.82) is 0 Å². The van der Waals surface area contributed by atoms with Crippen LogP contribution in [0, 0.1) is 19.8 Å². The lowest BCUT2D eigenvalue weighted by Gasteiger charge is -2.30. The van der Waals surface area contributed by atoms with Crippen LogP contribution in [0.4, 0.5) is 0 Å². The van der Waals surface area contributed by atoms with Crippen molar-refractivity contribution < 1.29 is 5.11 Å². The van der Waals surface area contributed by atoms with E-state index in [0.717, 1.165) is 54.4 Å². The molecule has 2 aromatic heterocycles. The number of aliphatic hydroxyl groups is 1. The van der Waals surface area contributed by atoms with Crippen LogP contribution in [0.25, 0.3) is 10.6 Å². The van der Waals surface area contributed by atoms with Gasteiger partial charge in [-0.15, -0.1) is 11.3 Å². The summed E-state index contributed by atoms with van der Waals surface area (Å²) in [6, 6.07) is 0. The van der Waals surface area contributed by atoms with Crippen molar-refractivity contribution >= 4 is 11.3 Å². The Balaban J connectivity index is 1.79. The summed E-state index contributed by atoms with van der Waals surface area (Å²) >= 11 is 1.52. The Kier molecular flexibility index (Phi) is 5.12. The summed E-state index contributed by atoms with van der Waals surface area (Å²) in [6.45, 7) is 6.93. The summed E-state index contributed by atoms with van der Waals surface area (Å²) in [5.41, 5.74) is 3.34. The van der Waals surface area contributed by atoms with E-state index in [-0.39, 0.29) is 5.56 Å². The van der Waals surface area contributed by atoms with Crippen LogP contribution in [0.15, 0.2) is 10.2 Å². The molecule has 1 aliphatic rings. The Morgan fingerprint density at radius 1 is 1.33 bits per heavy atom. The van der Waals surface area contributed by atoms with E-state index in [1.165, 1.54) is 16.0 Å². The maximum absolute atomic E-state index is 12.4. The average Bonchev–Trinajstić information content (AvgIpc) is 3.02. The minimum Gasteiger partial charge on any atom is -0.396 e. The van der Waals surface area contributed by atoms with Crippen LogP contribution in [0.5, 0.6) is 0 Å². The first kappa shape index (κ1) is 17.3. The second-order valence-corrected chi connectivity index (χ2v) is 7.42. The summed E-state index contributed by atoms with van der Waals surface area (Å²) in [6.07, 6.45) is 2.08. The molecule has 0 unspecified atom stereocenters. The monoisotopic (exact) mass is 348 g/mol. The first-order chi connectivity index (χ1) is 11.5. The molecule has 2 aromatic rings. The summed E-state index contributed by atoms with van der Waals surface area (Å²) < 4.78 is 1.39. The second kappa shape index (κ2) is 7.13. The van der Waals surface area contributed by atoms with Crippen LogP contribution >= 0.6 is 11.3 Å². The molecule has 3 rings (SSSR count). The van der Waals surface area contributed by atoms with Crippen molar-refractivity contribution in [2.24, 2.45) is 13.0 Å². The molecule has 0 spiro atoms. The predicted molar refractivity (Wildman–Crippen MR) is 95.1 cm³/mol. The van der Waals surface area contributed by atoms with Crippen molar-refractivity contribution in [2.75, 3.05) is 19.7 Å². The van der Waals surface area contributed by atoms with Gasteiger partial charge in [-0.3, -0.25) is 9.69 Å². The molecule has 1 aliphatic heterocycles. The molecule has 0 radical (unpaired) electrons. The largest absolute Gasteiger partial charge is 0.396 e. The zero-order valence-electron chi connectivity index (χ0n) is 14.4. The number of nitrogens with zero attached hydrogens (tertiary/aromatic N) is 4. The van der Waals surface area contributed by atoms with Gasteiger partial charge in [0.1, 0.15) is 5.01 Å². The molecule has 7 heteroatoms. The maximum atomic E-state index is 12.4. The van der Waals surface area contributed by atoms with Gasteiger partial charge in [0.05, 0.1) is 17.0 Å². The molecule has 0 bridgehead atoms. The molecule has 3 heterocycles. The SMILES string of the molecule is Cc1nn(C)c(=O)c(-c2nc(CN3CCC(CO)CC3)cs2)c1C. The Bertz CT molecular complexity index is 775. The number of thiazole rings is 1.